The zero-order valence-electron chi connectivity index (χ0n) is 11.2. The fourth-order valence-electron chi connectivity index (χ4n) is 2.65. The van der Waals surface area contributed by atoms with E-state index in [2.05, 4.69) is 5.32 Å². The van der Waals surface area contributed by atoms with Crippen molar-refractivity contribution in [3.63, 3.8) is 0 Å². The summed E-state index contributed by atoms with van der Waals surface area (Å²) in [6.45, 7) is 0.612. The number of aliphatic hydroxyl groups excluding tert-OH is 1. The molecule has 0 spiro atoms. The quantitative estimate of drug-likeness (QED) is 0.870. The summed E-state index contributed by atoms with van der Waals surface area (Å²) in [4.78, 5) is 13.0. The number of hydrogen-bond acceptors (Lipinski definition) is 4. The van der Waals surface area contributed by atoms with Crippen LogP contribution in [0.4, 0.5) is 0 Å². The number of carbonyl (C=O) groups is 1. The molecule has 1 aliphatic carbocycles. The lowest BCUT2D eigenvalue weighted by atomic mass is 9.85. The van der Waals surface area contributed by atoms with E-state index in [4.69, 9.17) is 4.74 Å². The second-order valence-electron chi connectivity index (χ2n) is 5.02. The van der Waals surface area contributed by atoms with Crippen molar-refractivity contribution in [1.82, 2.24) is 5.32 Å². The number of carbonyl (C=O) groups excluding carboxylic acids is 1. The van der Waals surface area contributed by atoms with E-state index in [1.54, 1.807) is 7.11 Å². The van der Waals surface area contributed by atoms with Crippen molar-refractivity contribution in [2.75, 3.05) is 13.7 Å². The van der Waals surface area contributed by atoms with E-state index in [0.717, 1.165) is 36.1 Å². The second kappa shape index (κ2) is 7.03. The monoisotopic (exact) mass is 283 g/mol. The maximum Gasteiger partial charge on any atom is 0.261 e. The second-order valence-corrected chi connectivity index (χ2v) is 5.93. The van der Waals surface area contributed by atoms with Gasteiger partial charge in [-0.3, -0.25) is 4.79 Å². The molecule has 1 aromatic rings. The molecule has 2 N–H and O–H groups in total. The number of amides is 1. The van der Waals surface area contributed by atoms with Crippen molar-refractivity contribution in [2.24, 2.45) is 5.92 Å². The molecule has 1 aliphatic rings. The van der Waals surface area contributed by atoms with Crippen LogP contribution in [-0.2, 0) is 11.3 Å². The van der Waals surface area contributed by atoms with Crippen LogP contribution in [0.2, 0.25) is 0 Å². The Morgan fingerprint density at radius 1 is 1.53 bits per heavy atom. The van der Waals surface area contributed by atoms with Gasteiger partial charge in [-0.1, -0.05) is 12.8 Å². The number of methoxy groups -OCH3 is 1. The van der Waals surface area contributed by atoms with Crippen LogP contribution in [0, 0.1) is 5.92 Å². The smallest absolute Gasteiger partial charge is 0.261 e. The molecule has 0 radical (unpaired) electrons. The Balaban J connectivity index is 2.01. The minimum atomic E-state index is -0.0348. The summed E-state index contributed by atoms with van der Waals surface area (Å²) in [5.74, 6) is 0.163. The van der Waals surface area contributed by atoms with Gasteiger partial charge in [0.1, 0.15) is 0 Å². The highest BCUT2D eigenvalue weighted by molar-refractivity contribution is 7.12. The zero-order chi connectivity index (χ0) is 13.7. The molecule has 0 aliphatic heterocycles. The van der Waals surface area contributed by atoms with Crippen molar-refractivity contribution in [3.05, 3.63) is 21.9 Å². The van der Waals surface area contributed by atoms with E-state index in [9.17, 15) is 9.90 Å². The zero-order valence-corrected chi connectivity index (χ0v) is 12.0. The van der Waals surface area contributed by atoms with Gasteiger partial charge < -0.3 is 15.2 Å². The average molecular weight is 283 g/mol. The van der Waals surface area contributed by atoms with Gasteiger partial charge in [0.2, 0.25) is 0 Å². The molecule has 0 saturated heterocycles. The van der Waals surface area contributed by atoms with Gasteiger partial charge in [0, 0.05) is 31.2 Å². The van der Waals surface area contributed by atoms with E-state index >= 15 is 0 Å². The van der Waals surface area contributed by atoms with Gasteiger partial charge in [-0.05, 0) is 24.3 Å². The summed E-state index contributed by atoms with van der Waals surface area (Å²) in [6.07, 6.45) is 4.22. The van der Waals surface area contributed by atoms with Crippen LogP contribution in [0.3, 0.4) is 0 Å². The van der Waals surface area contributed by atoms with Crippen molar-refractivity contribution < 1.29 is 14.6 Å². The highest BCUT2D eigenvalue weighted by atomic mass is 32.1. The van der Waals surface area contributed by atoms with E-state index < -0.39 is 0 Å². The maximum atomic E-state index is 12.3. The number of hydrogen-bond donors (Lipinski definition) is 2. The van der Waals surface area contributed by atoms with Gasteiger partial charge in [-0.2, -0.15) is 0 Å². The lowest BCUT2D eigenvalue weighted by Gasteiger charge is -2.30. The first-order valence-electron chi connectivity index (χ1n) is 6.73. The summed E-state index contributed by atoms with van der Waals surface area (Å²) in [5, 5.41) is 14.4. The number of ether oxygens (including phenoxy) is 1. The summed E-state index contributed by atoms with van der Waals surface area (Å²) < 4.78 is 5.10. The molecule has 1 fully saturated rings. The largest absolute Gasteiger partial charge is 0.396 e. The molecule has 2 unspecified atom stereocenters. The number of rotatable bonds is 5. The van der Waals surface area contributed by atoms with Crippen LogP contribution in [0.15, 0.2) is 11.4 Å². The maximum absolute atomic E-state index is 12.3. The molecule has 0 aromatic carbocycles. The molecular formula is C14H21NO3S. The van der Waals surface area contributed by atoms with Gasteiger partial charge in [-0.25, -0.2) is 0 Å². The number of nitrogens with one attached hydrogen (secondary N) is 1. The molecule has 4 nitrogen and oxygen atoms in total. The van der Waals surface area contributed by atoms with E-state index in [0.29, 0.717) is 6.61 Å². The average Bonchev–Trinajstić information content (AvgIpc) is 2.88. The Hall–Kier alpha value is -0.910. The Bertz CT molecular complexity index is 419. The van der Waals surface area contributed by atoms with Gasteiger partial charge >= 0.3 is 0 Å². The highest BCUT2D eigenvalue weighted by Crippen LogP contribution is 2.25. The predicted molar refractivity (Wildman–Crippen MR) is 75.3 cm³/mol. The Kier molecular flexibility index (Phi) is 5.36. The summed E-state index contributed by atoms with van der Waals surface area (Å²) in [6, 6.07) is 2.02. The van der Waals surface area contributed by atoms with Gasteiger partial charge in [-0.15, -0.1) is 11.3 Å². The molecule has 2 atom stereocenters. The van der Waals surface area contributed by atoms with Crippen molar-refractivity contribution in [2.45, 2.75) is 38.3 Å². The molecule has 1 amide bonds. The van der Waals surface area contributed by atoms with Gasteiger partial charge in [0.15, 0.2) is 0 Å². The molecule has 1 aromatic heterocycles. The third-order valence-corrected chi connectivity index (χ3v) is 4.67. The Morgan fingerprint density at radius 3 is 3.05 bits per heavy atom. The number of aliphatic hydroxyl groups is 1. The van der Waals surface area contributed by atoms with Crippen LogP contribution < -0.4 is 5.32 Å². The minimum Gasteiger partial charge on any atom is -0.396 e. The van der Waals surface area contributed by atoms with Crippen LogP contribution >= 0.6 is 11.3 Å². The third kappa shape index (κ3) is 3.55. The molecule has 5 heteroatoms. The van der Waals surface area contributed by atoms with Crippen LogP contribution in [0.1, 0.15) is 40.9 Å². The fourth-order valence-corrected chi connectivity index (χ4v) is 3.47. The van der Waals surface area contributed by atoms with Crippen LogP contribution in [0.5, 0.6) is 0 Å². The minimum absolute atomic E-state index is 0.0348. The molecule has 19 heavy (non-hydrogen) atoms. The van der Waals surface area contributed by atoms with Gasteiger partial charge in [0.05, 0.1) is 11.5 Å². The summed E-state index contributed by atoms with van der Waals surface area (Å²) >= 11 is 1.44. The molecule has 1 heterocycles. The predicted octanol–water partition coefficient (Wildman–Crippen LogP) is 2.18. The topological polar surface area (TPSA) is 58.6 Å². The molecular weight excluding hydrogens is 262 g/mol. The van der Waals surface area contributed by atoms with Crippen molar-refractivity contribution in [1.29, 1.82) is 0 Å². The van der Waals surface area contributed by atoms with E-state index in [1.807, 2.05) is 11.4 Å². The Morgan fingerprint density at radius 2 is 2.32 bits per heavy atom. The third-order valence-electron chi connectivity index (χ3n) is 3.71. The van der Waals surface area contributed by atoms with Gasteiger partial charge in [0.25, 0.3) is 5.91 Å². The van der Waals surface area contributed by atoms with Crippen molar-refractivity contribution >= 4 is 17.2 Å². The molecule has 1 saturated carbocycles. The number of thiophene rings is 1. The lowest BCUT2D eigenvalue weighted by molar-refractivity contribution is 0.0872. The molecule has 2 rings (SSSR count). The fraction of sp³-hybridized carbons (Fsp3) is 0.643. The summed E-state index contributed by atoms with van der Waals surface area (Å²) in [7, 11) is 1.63. The van der Waals surface area contributed by atoms with Crippen LogP contribution in [0.25, 0.3) is 0 Å². The van der Waals surface area contributed by atoms with E-state index in [1.165, 1.54) is 11.3 Å². The summed E-state index contributed by atoms with van der Waals surface area (Å²) in [5.41, 5.74) is 0.932. The highest BCUT2D eigenvalue weighted by Gasteiger charge is 2.27. The first-order chi connectivity index (χ1) is 9.26. The van der Waals surface area contributed by atoms with E-state index in [-0.39, 0.29) is 24.5 Å². The van der Waals surface area contributed by atoms with Crippen molar-refractivity contribution in [3.8, 4) is 0 Å². The van der Waals surface area contributed by atoms with Crippen LogP contribution in [-0.4, -0.2) is 30.8 Å². The first kappa shape index (κ1) is 14.5. The lowest BCUT2D eigenvalue weighted by Crippen LogP contribution is -2.43. The first-order valence-corrected chi connectivity index (χ1v) is 7.61. The normalized spacial score (nSPS) is 23.3. The SMILES string of the molecule is COCc1ccsc1C(=O)NC1CCCCC1CO. The standard InChI is InChI=1S/C14H21NO3S/c1-18-9-11-6-7-19-13(11)14(17)15-12-5-3-2-4-10(12)8-16/h6-7,10,12,16H,2-5,8-9H2,1H3,(H,15,17). The molecule has 106 valence electrons. The molecule has 0 bridgehead atoms. The Labute approximate surface area is 117 Å².